The van der Waals surface area contributed by atoms with Crippen molar-refractivity contribution in [2.24, 2.45) is 10.2 Å². The van der Waals surface area contributed by atoms with Gasteiger partial charge < -0.3 is 10.0 Å². The summed E-state index contributed by atoms with van der Waals surface area (Å²) in [6, 6.07) is 45.9. The molecule has 1 saturated heterocycles. The number of unbranched alkanes of at least 4 members (excludes halogenated alkanes) is 12. The zero-order valence-corrected chi connectivity index (χ0v) is 40.9. The van der Waals surface area contributed by atoms with Crippen molar-refractivity contribution in [3.05, 3.63) is 155 Å². The zero-order chi connectivity index (χ0) is 47.1. The molecule has 1 N–H and O–H groups in total. The summed E-state index contributed by atoms with van der Waals surface area (Å²) >= 11 is 6.41. The Morgan fingerprint density at radius 2 is 0.940 bits per heavy atom. The molecule has 5 aromatic rings. The Labute approximate surface area is 408 Å². The second-order valence-electron chi connectivity index (χ2n) is 16.9. The number of carboxylic acid groups (broad SMARTS) is 1. The molecule has 0 spiro atoms. The molecule has 6 rings (SSSR count). The van der Waals surface area contributed by atoms with Crippen LogP contribution < -0.4 is 14.9 Å². The normalized spacial score (nSPS) is 13.3. The van der Waals surface area contributed by atoms with Gasteiger partial charge in [0.1, 0.15) is 10.9 Å². The summed E-state index contributed by atoms with van der Waals surface area (Å²) in [5, 5.41) is 23.4. The lowest BCUT2D eigenvalue weighted by Crippen LogP contribution is -2.33. The number of rotatable bonds is 28. The van der Waals surface area contributed by atoms with Crippen LogP contribution in [0.15, 0.2) is 149 Å². The Morgan fingerprint density at radius 1 is 0.552 bits per heavy atom. The first-order chi connectivity index (χ1) is 32.8. The van der Waals surface area contributed by atoms with E-state index in [4.69, 9.17) is 22.4 Å². The number of hydrogen-bond acceptors (Lipinski definition) is 9. The average molecular weight is 935 g/mol. The Kier molecular flexibility index (Phi) is 20.7. The minimum Gasteiger partial charge on any atom is -0.480 e. The molecule has 1 amide bonds. The predicted octanol–water partition coefficient (Wildman–Crippen LogP) is 14.6. The first-order valence-corrected chi connectivity index (χ1v) is 25.4. The highest BCUT2D eigenvalue weighted by Crippen LogP contribution is 2.35. The lowest BCUT2D eigenvalue weighted by atomic mass is 10.1. The molecule has 1 aliphatic heterocycles. The molecule has 0 radical (unpaired) electrons. The highest BCUT2D eigenvalue weighted by Gasteiger charge is 2.33. The zero-order valence-electron chi connectivity index (χ0n) is 39.2. The number of nitrogens with zero attached hydrogens (tertiary/aromatic N) is 6. The third-order valence-corrected chi connectivity index (χ3v) is 13.0. The maximum absolute atomic E-state index is 12.9. The summed E-state index contributed by atoms with van der Waals surface area (Å²) in [6.45, 7) is 5.71. The van der Waals surface area contributed by atoms with Gasteiger partial charge in [-0.1, -0.05) is 188 Å². The van der Waals surface area contributed by atoms with E-state index in [0.29, 0.717) is 4.91 Å². The summed E-state index contributed by atoms with van der Waals surface area (Å²) < 4.78 is 0.252. The molecule has 350 valence electrons. The smallest absolute Gasteiger partial charge is 0.323 e. The van der Waals surface area contributed by atoms with Crippen LogP contribution in [0.5, 0.6) is 0 Å². The highest BCUT2D eigenvalue weighted by atomic mass is 32.2. The van der Waals surface area contributed by atoms with Gasteiger partial charge in [-0.05, 0) is 96.3 Å². The minimum atomic E-state index is -1.10. The maximum Gasteiger partial charge on any atom is 0.323 e. The van der Waals surface area contributed by atoms with E-state index >= 15 is 0 Å². The monoisotopic (exact) mass is 934 g/mol. The van der Waals surface area contributed by atoms with Gasteiger partial charge in [-0.15, -0.1) is 0 Å². The standard InChI is InChI=1S/C56H66N6O3S2/c1-3-5-7-9-11-13-21-39-60(48-23-17-15-18-24-48)57-42-46-29-35-51(36-30-46)62(50-25-19-16-20-26-50)52-37-31-47(32-38-52)43-58-61(40-22-14-12-10-8-6-4-2)49-33-27-45(28-34-49)41-53-55(65)59(44-54(63)64)56(66)67-53/h15-20,23-38,41-43H,3-14,21-22,39-40,44H2,1-2H3,(H,63,64)/b53-41-,57-42+,58-43+. The molecule has 0 bridgehead atoms. The molecule has 0 saturated carbocycles. The van der Waals surface area contributed by atoms with Crippen LogP contribution in [0.25, 0.3) is 6.08 Å². The second kappa shape index (κ2) is 27.6. The average Bonchev–Trinajstić information content (AvgIpc) is 3.61. The van der Waals surface area contributed by atoms with E-state index in [9.17, 15) is 14.7 Å². The van der Waals surface area contributed by atoms with Gasteiger partial charge in [0.2, 0.25) is 0 Å². The largest absolute Gasteiger partial charge is 0.480 e. The van der Waals surface area contributed by atoms with Crippen molar-refractivity contribution >= 4 is 87.1 Å². The molecular formula is C56H66N6O3S2. The van der Waals surface area contributed by atoms with Gasteiger partial charge in [0.25, 0.3) is 5.91 Å². The number of aliphatic carboxylic acids is 1. The second-order valence-corrected chi connectivity index (χ2v) is 18.6. The van der Waals surface area contributed by atoms with E-state index in [0.717, 1.165) is 94.1 Å². The van der Waals surface area contributed by atoms with E-state index < -0.39 is 12.5 Å². The fourth-order valence-corrected chi connectivity index (χ4v) is 9.18. The third-order valence-electron chi connectivity index (χ3n) is 11.7. The number of para-hydroxylation sites is 2. The van der Waals surface area contributed by atoms with E-state index in [2.05, 4.69) is 121 Å². The van der Waals surface area contributed by atoms with Crippen LogP contribution in [0.1, 0.15) is 120 Å². The number of hydrazone groups is 2. The molecule has 11 heteroatoms. The number of hydrogen-bond donors (Lipinski definition) is 1. The topological polar surface area (TPSA) is 92.1 Å². The molecule has 5 aromatic carbocycles. The first-order valence-electron chi connectivity index (χ1n) is 24.1. The number of amides is 1. The quantitative estimate of drug-likeness (QED) is 0.0174. The van der Waals surface area contributed by atoms with Gasteiger partial charge in [0.05, 0.1) is 28.7 Å². The van der Waals surface area contributed by atoms with Crippen molar-refractivity contribution < 1.29 is 14.7 Å². The summed E-state index contributed by atoms with van der Waals surface area (Å²) in [6.07, 6.45) is 22.9. The predicted molar refractivity (Wildman–Crippen MR) is 287 cm³/mol. The Balaban J connectivity index is 1.16. The van der Waals surface area contributed by atoms with Gasteiger partial charge in [0, 0.05) is 30.2 Å². The molecule has 0 atom stereocenters. The number of anilines is 5. The van der Waals surface area contributed by atoms with Crippen LogP contribution in [0.3, 0.4) is 0 Å². The minimum absolute atomic E-state index is 0.252. The summed E-state index contributed by atoms with van der Waals surface area (Å²) in [7, 11) is 0. The number of carbonyl (C=O) groups is 2. The Bertz CT molecular complexity index is 2370. The molecular weight excluding hydrogens is 869 g/mol. The van der Waals surface area contributed by atoms with Crippen LogP contribution in [0, 0.1) is 0 Å². The molecule has 0 aliphatic carbocycles. The Morgan fingerprint density at radius 3 is 1.40 bits per heavy atom. The van der Waals surface area contributed by atoms with Crippen molar-refractivity contribution in [1.82, 2.24) is 4.90 Å². The SMILES string of the molecule is CCCCCCCCCN(/N=C/c1ccc(N(c2ccccc2)c2ccc(/C=N/N(CCCCCCCCC)c3ccc(/C=C4\SC(=S)N(CC(=O)O)C4=O)cc3)cc2)cc1)c1ccccc1. The first kappa shape index (κ1) is 50.4. The van der Waals surface area contributed by atoms with Crippen LogP contribution in [0.2, 0.25) is 0 Å². The number of benzene rings is 5. The lowest BCUT2D eigenvalue weighted by molar-refractivity contribution is -0.140. The van der Waals surface area contributed by atoms with E-state index in [1.807, 2.05) is 53.8 Å². The Hall–Kier alpha value is -6.04. The van der Waals surface area contributed by atoms with Crippen LogP contribution in [-0.4, -0.2) is 58.3 Å². The van der Waals surface area contributed by atoms with Crippen LogP contribution in [-0.2, 0) is 9.59 Å². The van der Waals surface area contributed by atoms with Gasteiger partial charge in [-0.25, -0.2) is 0 Å². The van der Waals surface area contributed by atoms with E-state index in [-0.39, 0.29) is 10.2 Å². The molecule has 67 heavy (non-hydrogen) atoms. The van der Waals surface area contributed by atoms with Gasteiger partial charge in [-0.2, -0.15) is 10.2 Å². The molecule has 1 fully saturated rings. The van der Waals surface area contributed by atoms with Crippen molar-refractivity contribution in [1.29, 1.82) is 0 Å². The van der Waals surface area contributed by atoms with Gasteiger partial charge in [-0.3, -0.25) is 24.5 Å². The van der Waals surface area contributed by atoms with E-state index in [1.165, 1.54) is 70.6 Å². The molecule has 0 aromatic heterocycles. The van der Waals surface area contributed by atoms with Crippen molar-refractivity contribution in [2.75, 3.05) is 34.6 Å². The number of thioether (sulfide) groups is 1. The van der Waals surface area contributed by atoms with Crippen molar-refractivity contribution in [2.45, 2.75) is 104 Å². The maximum atomic E-state index is 12.9. The van der Waals surface area contributed by atoms with E-state index in [1.54, 1.807) is 6.08 Å². The number of thiocarbonyl (C=S) groups is 1. The van der Waals surface area contributed by atoms with Crippen LogP contribution >= 0.6 is 24.0 Å². The molecule has 1 aliphatic rings. The van der Waals surface area contributed by atoms with Crippen molar-refractivity contribution in [3.63, 3.8) is 0 Å². The molecule has 1 heterocycles. The number of carboxylic acids is 1. The fourth-order valence-electron chi connectivity index (χ4n) is 7.93. The van der Waals surface area contributed by atoms with Gasteiger partial charge in [0.15, 0.2) is 0 Å². The van der Waals surface area contributed by atoms with Crippen LogP contribution in [0.4, 0.5) is 28.4 Å². The molecule has 9 nitrogen and oxygen atoms in total. The third kappa shape index (κ3) is 16.1. The van der Waals surface area contributed by atoms with Gasteiger partial charge >= 0.3 is 5.97 Å². The summed E-state index contributed by atoms with van der Waals surface area (Å²) in [4.78, 5) is 27.9. The lowest BCUT2D eigenvalue weighted by Gasteiger charge is -2.25. The summed E-state index contributed by atoms with van der Waals surface area (Å²) in [5.74, 6) is -1.49. The number of carbonyl (C=O) groups excluding carboxylic acids is 1. The highest BCUT2D eigenvalue weighted by molar-refractivity contribution is 8.26. The molecule has 0 unspecified atom stereocenters. The summed E-state index contributed by atoms with van der Waals surface area (Å²) in [5.41, 5.74) is 8.03. The fraction of sp³-hybridized carbons (Fsp3) is 0.339. The van der Waals surface area contributed by atoms with Crippen molar-refractivity contribution in [3.8, 4) is 0 Å².